The molecule has 3 aromatic rings. The summed E-state index contributed by atoms with van der Waals surface area (Å²) in [5.74, 6) is 0.535. The monoisotopic (exact) mass is 322 g/mol. The zero-order chi connectivity index (χ0) is 13.6. The van der Waals surface area contributed by atoms with Crippen molar-refractivity contribution < 1.29 is 4.39 Å². The minimum atomic E-state index is -0.862. The molecule has 96 valence electrons. The Hall–Kier alpha value is -2.09. The molecule has 0 aliphatic rings. The van der Waals surface area contributed by atoms with Crippen LogP contribution in [0.4, 0.5) is 10.2 Å². The highest BCUT2D eigenvalue weighted by atomic mass is 79.9. The number of aromatic nitrogens is 5. The van der Waals surface area contributed by atoms with Gasteiger partial charge in [-0.1, -0.05) is 0 Å². The minimum Gasteiger partial charge on any atom is -0.383 e. The fraction of sp³-hybridized carbons (Fsp3) is 0.0909. The summed E-state index contributed by atoms with van der Waals surface area (Å²) < 4.78 is 15.6. The lowest BCUT2D eigenvalue weighted by Gasteiger charge is -2.00. The number of aryl methyl sites for hydroxylation is 1. The van der Waals surface area contributed by atoms with Crippen LogP contribution in [-0.2, 0) is 7.05 Å². The van der Waals surface area contributed by atoms with Gasteiger partial charge in [-0.15, -0.1) is 0 Å². The summed E-state index contributed by atoms with van der Waals surface area (Å²) >= 11 is 3.43. The Kier molecular flexibility index (Phi) is 2.67. The Morgan fingerprint density at radius 1 is 1.26 bits per heavy atom. The lowest BCUT2D eigenvalue weighted by atomic mass is 10.2. The van der Waals surface area contributed by atoms with Gasteiger partial charge < -0.3 is 10.3 Å². The summed E-state index contributed by atoms with van der Waals surface area (Å²) in [4.78, 5) is 15.7. The van der Waals surface area contributed by atoms with Gasteiger partial charge in [-0.2, -0.15) is 14.4 Å². The van der Waals surface area contributed by atoms with Crippen molar-refractivity contribution >= 4 is 32.8 Å². The molecule has 0 unspecified atom stereocenters. The number of rotatable bonds is 1. The van der Waals surface area contributed by atoms with Crippen molar-refractivity contribution in [2.75, 3.05) is 5.73 Å². The van der Waals surface area contributed by atoms with E-state index in [1.54, 1.807) is 30.1 Å². The predicted octanol–water partition coefficient (Wildman–Crippen LogP) is 1.91. The van der Waals surface area contributed by atoms with Crippen molar-refractivity contribution in [3.05, 3.63) is 29.1 Å². The molecule has 0 radical (unpaired) electrons. The van der Waals surface area contributed by atoms with Crippen LogP contribution in [0.5, 0.6) is 0 Å². The number of nitrogen functional groups attached to an aromatic ring is 1. The van der Waals surface area contributed by atoms with Gasteiger partial charge >= 0.3 is 6.08 Å². The van der Waals surface area contributed by atoms with Gasteiger partial charge in [0.15, 0.2) is 5.82 Å². The highest BCUT2D eigenvalue weighted by Gasteiger charge is 2.21. The lowest BCUT2D eigenvalue weighted by Crippen LogP contribution is -1.99. The Balaban J connectivity index is 2.46. The second kappa shape index (κ2) is 4.23. The Morgan fingerprint density at radius 3 is 2.63 bits per heavy atom. The van der Waals surface area contributed by atoms with E-state index in [0.29, 0.717) is 27.0 Å². The van der Waals surface area contributed by atoms with E-state index in [1.807, 2.05) is 0 Å². The number of anilines is 1. The molecule has 0 spiro atoms. The molecule has 0 atom stereocenters. The molecule has 8 heteroatoms. The summed E-state index contributed by atoms with van der Waals surface area (Å²) in [5.41, 5.74) is 6.83. The van der Waals surface area contributed by atoms with E-state index in [-0.39, 0.29) is 5.82 Å². The summed E-state index contributed by atoms with van der Waals surface area (Å²) in [6.07, 6.45) is 2.38. The van der Waals surface area contributed by atoms with Crippen LogP contribution in [-0.4, -0.2) is 24.5 Å². The topological polar surface area (TPSA) is 82.5 Å². The van der Waals surface area contributed by atoms with Crippen LogP contribution in [0, 0.1) is 6.08 Å². The van der Waals surface area contributed by atoms with E-state index in [9.17, 15) is 4.39 Å². The van der Waals surface area contributed by atoms with E-state index in [4.69, 9.17) is 5.73 Å². The fourth-order valence-electron chi connectivity index (χ4n) is 1.92. The third-order valence-corrected chi connectivity index (χ3v) is 3.68. The molecular weight excluding hydrogens is 315 g/mol. The lowest BCUT2D eigenvalue weighted by molar-refractivity contribution is 0.544. The van der Waals surface area contributed by atoms with Gasteiger partial charge in [-0.05, 0) is 22.0 Å². The van der Waals surface area contributed by atoms with Crippen molar-refractivity contribution in [1.29, 1.82) is 0 Å². The molecule has 19 heavy (non-hydrogen) atoms. The molecule has 0 fully saturated rings. The van der Waals surface area contributed by atoms with Gasteiger partial charge in [-0.3, -0.25) is 0 Å². The van der Waals surface area contributed by atoms with E-state index < -0.39 is 6.08 Å². The summed E-state index contributed by atoms with van der Waals surface area (Å²) in [5, 5.41) is 0.530. The van der Waals surface area contributed by atoms with E-state index in [1.165, 1.54) is 0 Å². The van der Waals surface area contributed by atoms with Crippen LogP contribution >= 0.6 is 15.9 Å². The van der Waals surface area contributed by atoms with Crippen molar-refractivity contribution in [2.45, 2.75) is 0 Å². The molecular formula is C11H8BrFN6. The Bertz CT molecular complexity index is 770. The van der Waals surface area contributed by atoms with Crippen molar-refractivity contribution in [2.24, 2.45) is 7.05 Å². The third kappa shape index (κ3) is 1.75. The molecule has 3 aromatic heterocycles. The van der Waals surface area contributed by atoms with Crippen molar-refractivity contribution in [1.82, 2.24) is 24.5 Å². The first-order valence-electron chi connectivity index (χ1n) is 5.34. The number of hydrogen-bond donors (Lipinski definition) is 1. The molecule has 3 heterocycles. The third-order valence-electron chi connectivity index (χ3n) is 2.75. The van der Waals surface area contributed by atoms with Crippen molar-refractivity contribution in [3.63, 3.8) is 0 Å². The van der Waals surface area contributed by atoms with Gasteiger partial charge in [0.25, 0.3) is 0 Å². The molecule has 0 aliphatic heterocycles. The standard InChI is InChI=1S/C11H8BrFN6/c1-19-7(12)5(9-15-3-2-4-16-9)6-8(14)17-11(13)18-10(6)19/h2-4H,1H3,(H2,14,17,18). The first kappa shape index (κ1) is 12.0. The van der Waals surface area contributed by atoms with Gasteiger partial charge in [0.2, 0.25) is 0 Å². The van der Waals surface area contributed by atoms with E-state index in [0.717, 1.165) is 0 Å². The molecule has 3 rings (SSSR count). The Labute approximate surface area is 115 Å². The van der Waals surface area contributed by atoms with Gasteiger partial charge in [0.1, 0.15) is 11.5 Å². The van der Waals surface area contributed by atoms with Crippen LogP contribution in [0.3, 0.4) is 0 Å². The summed E-state index contributed by atoms with van der Waals surface area (Å²) in [6, 6.07) is 1.71. The SMILES string of the molecule is Cn1c(Br)c(-c2ncccn2)c2c(N)nc(F)nc21. The van der Waals surface area contributed by atoms with Gasteiger partial charge in [0, 0.05) is 19.4 Å². The summed E-state index contributed by atoms with van der Waals surface area (Å²) in [7, 11) is 1.74. The average Bonchev–Trinajstić information content (AvgIpc) is 2.64. The first-order chi connectivity index (χ1) is 9.09. The van der Waals surface area contributed by atoms with Gasteiger partial charge in [-0.25, -0.2) is 9.97 Å². The molecule has 2 N–H and O–H groups in total. The van der Waals surface area contributed by atoms with Crippen LogP contribution in [0.2, 0.25) is 0 Å². The molecule has 0 amide bonds. The molecule has 6 nitrogen and oxygen atoms in total. The number of nitrogens with zero attached hydrogens (tertiary/aromatic N) is 5. The maximum Gasteiger partial charge on any atom is 0.312 e. The van der Waals surface area contributed by atoms with Crippen LogP contribution in [0.1, 0.15) is 0 Å². The molecule has 0 bridgehead atoms. The smallest absolute Gasteiger partial charge is 0.312 e. The Morgan fingerprint density at radius 2 is 1.95 bits per heavy atom. The zero-order valence-corrected chi connectivity index (χ0v) is 11.4. The molecule has 0 aromatic carbocycles. The largest absolute Gasteiger partial charge is 0.383 e. The molecule has 0 aliphatic carbocycles. The second-order valence-corrected chi connectivity index (χ2v) is 4.62. The van der Waals surface area contributed by atoms with Gasteiger partial charge in [0.05, 0.1) is 15.6 Å². The first-order valence-corrected chi connectivity index (χ1v) is 6.13. The van der Waals surface area contributed by atoms with Crippen LogP contribution in [0.25, 0.3) is 22.4 Å². The normalized spacial score (nSPS) is 11.1. The average molecular weight is 323 g/mol. The van der Waals surface area contributed by atoms with E-state index >= 15 is 0 Å². The highest BCUT2D eigenvalue weighted by Crippen LogP contribution is 2.37. The highest BCUT2D eigenvalue weighted by molar-refractivity contribution is 9.10. The number of nitrogens with two attached hydrogens (primary N) is 1. The zero-order valence-electron chi connectivity index (χ0n) is 9.80. The van der Waals surface area contributed by atoms with Crippen molar-refractivity contribution in [3.8, 4) is 11.4 Å². The van der Waals surface area contributed by atoms with Crippen LogP contribution < -0.4 is 5.73 Å². The quantitative estimate of drug-likeness (QED) is 0.692. The molecule has 0 saturated heterocycles. The second-order valence-electron chi connectivity index (χ2n) is 3.87. The summed E-state index contributed by atoms with van der Waals surface area (Å²) in [6.45, 7) is 0. The van der Waals surface area contributed by atoms with E-state index in [2.05, 4.69) is 35.9 Å². The number of fused-ring (bicyclic) bond motifs is 1. The fourth-order valence-corrected chi connectivity index (χ4v) is 2.46. The molecule has 0 saturated carbocycles. The van der Waals surface area contributed by atoms with Crippen LogP contribution in [0.15, 0.2) is 23.1 Å². The minimum absolute atomic E-state index is 0.0613. The number of halogens is 2. The maximum atomic E-state index is 13.3. The maximum absolute atomic E-state index is 13.3. The number of hydrogen-bond acceptors (Lipinski definition) is 5. The predicted molar refractivity (Wildman–Crippen MR) is 71.6 cm³/mol.